The summed E-state index contributed by atoms with van der Waals surface area (Å²) in [6.45, 7) is 15.9. The van der Waals surface area contributed by atoms with E-state index in [-0.39, 0.29) is 18.6 Å². The van der Waals surface area contributed by atoms with Crippen molar-refractivity contribution in [3.8, 4) is 11.5 Å². The molecule has 0 aromatic heterocycles. The van der Waals surface area contributed by atoms with Gasteiger partial charge in [0.05, 0.1) is 11.1 Å². The van der Waals surface area contributed by atoms with Gasteiger partial charge in [-0.15, -0.1) is 0 Å². The number of hydrogen-bond donors (Lipinski definition) is 0. The van der Waals surface area contributed by atoms with Crippen molar-refractivity contribution in [1.82, 2.24) is 0 Å². The fraction of sp³-hybridized carbons (Fsp3) is 0.286. The third-order valence-electron chi connectivity index (χ3n) is 4.73. The number of carbonyl (C=O) groups is 2. The molecule has 5 heteroatoms. The van der Waals surface area contributed by atoms with Gasteiger partial charge in [0, 0.05) is 18.6 Å². The van der Waals surface area contributed by atoms with E-state index in [0.717, 1.165) is 22.3 Å². The predicted octanol–water partition coefficient (Wildman–Crippen LogP) is 7.41. The van der Waals surface area contributed by atoms with Crippen LogP contribution >= 0.6 is 0 Å². The summed E-state index contributed by atoms with van der Waals surface area (Å²) < 4.78 is 10.8. The topological polar surface area (TPSA) is 52.6 Å². The molecule has 0 aliphatic carbocycles. The van der Waals surface area contributed by atoms with E-state index in [1.165, 1.54) is 0 Å². The quantitative estimate of drug-likeness (QED) is 0.285. The van der Waals surface area contributed by atoms with Gasteiger partial charge >= 0.3 is 11.9 Å². The number of carbonyl (C=O) groups excluding carboxylic acids is 2. The first-order valence-electron chi connectivity index (χ1n) is 11.0. The summed E-state index contributed by atoms with van der Waals surface area (Å²) in [5.41, 5.74) is 5.28. The van der Waals surface area contributed by atoms with Gasteiger partial charge in [-0.05, 0) is 98.5 Å². The first-order valence-corrected chi connectivity index (χ1v) is 11.0. The Morgan fingerprint density at radius 2 is 0.818 bits per heavy atom. The molecule has 33 heavy (non-hydrogen) atoms. The molecule has 0 saturated carbocycles. The number of hydrogen-bond acceptors (Lipinski definition) is 4. The average Bonchev–Trinajstić information content (AvgIpc) is 2.81. The van der Waals surface area contributed by atoms with Gasteiger partial charge in [0.25, 0.3) is 0 Å². The Morgan fingerprint density at radius 1 is 0.515 bits per heavy atom. The molecule has 0 unspecified atom stereocenters. The fourth-order valence-corrected chi connectivity index (χ4v) is 2.64. The van der Waals surface area contributed by atoms with Gasteiger partial charge in [-0.2, -0.15) is 0 Å². The fourth-order valence-electron chi connectivity index (χ4n) is 2.64. The van der Waals surface area contributed by atoms with Gasteiger partial charge in [-0.3, -0.25) is 0 Å². The van der Waals surface area contributed by atoms with Crippen LogP contribution in [0, 0.1) is 27.7 Å². The van der Waals surface area contributed by atoms with Crippen LogP contribution in [0.15, 0.2) is 60.7 Å². The van der Waals surface area contributed by atoms with E-state index in [0.29, 0.717) is 22.6 Å². The number of esters is 2. The molecule has 0 fully saturated rings. The molecule has 0 aliphatic rings. The minimum absolute atomic E-state index is 0. The van der Waals surface area contributed by atoms with Gasteiger partial charge in [-0.25, -0.2) is 9.59 Å². The maximum atomic E-state index is 12.3. The van der Waals surface area contributed by atoms with Gasteiger partial charge in [0.15, 0.2) is 0 Å². The van der Waals surface area contributed by atoms with Crippen molar-refractivity contribution in [1.29, 1.82) is 0 Å². The zero-order chi connectivity index (χ0) is 24.3. The van der Waals surface area contributed by atoms with Crippen molar-refractivity contribution < 1.29 is 37.6 Å². The number of aryl methyl sites for hydroxylation is 4. The average molecular weight is 486 g/mol. The van der Waals surface area contributed by atoms with Crippen LogP contribution < -0.4 is 9.47 Å². The molecule has 0 saturated heterocycles. The maximum absolute atomic E-state index is 12.3. The molecule has 0 bridgehead atoms. The summed E-state index contributed by atoms with van der Waals surface area (Å²) in [7, 11) is 0. The first kappa shape index (κ1) is 30.2. The zero-order valence-electron chi connectivity index (χ0n) is 20.9. The summed E-state index contributed by atoms with van der Waals surface area (Å²) in [4.78, 5) is 24.6. The van der Waals surface area contributed by atoms with Crippen molar-refractivity contribution in [2.75, 3.05) is 0 Å². The molecular weight excluding hydrogens is 451 g/mol. The van der Waals surface area contributed by atoms with E-state index < -0.39 is 11.9 Å². The number of rotatable bonds is 4. The third-order valence-corrected chi connectivity index (χ3v) is 4.73. The molecule has 0 amide bonds. The third kappa shape index (κ3) is 8.92. The summed E-state index contributed by atoms with van der Waals surface area (Å²) in [6.07, 6.45) is 0. The summed E-state index contributed by atoms with van der Waals surface area (Å²) >= 11 is 0. The van der Waals surface area contributed by atoms with Crippen LogP contribution in [0.25, 0.3) is 0 Å². The number of ether oxygens (including phenoxy) is 2. The molecule has 0 atom stereocenters. The molecular formula is C28H34O4V. The molecule has 3 aromatic carbocycles. The van der Waals surface area contributed by atoms with Crippen molar-refractivity contribution in [2.45, 2.75) is 55.4 Å². The Kier molecular flexibility index (Phi) is 13.8. The van der Waals surface area contributed by atoms with Crippen LogP contribution in [-0.2, 0) is 18.6 Å². The summed E-state index contributed by atoms with van der Waals surface area (Å²) in [5, 5.41) is 0. The second-order valence-corrected chi connectivity index (χ2v) is 6.85. The summed E-state index contributed by atoms with van der Waals surface area (Å²) in [5.74, 6) is -0.0886. The molecule has 175 valence electrons. The molecule has 4 nitrogen and oxygen atoms in total. The van der Waals surface area contributed by atoms with E-state index >= 15 is 0 Å². The minimum atomic E-state index is -0.428. The number of benzene rings is 3. The molecule has 3 aromatic rings. The standard InChI is InChI=1S/C24H22O4.2C2H6.V/c1-15-5-7-19(13-17(15)3)23(25)27-21-9-11-22(12-10-21)28-24(26)20-8-6-16(2)18(4)14-20;2*1-2;/h5-14H,1-4H3;2*1-2H3;. The minimum Gasteiger partial charge on any atom is -0.423 e. The van der Waals surface area contributed by atoms with Crippen molar-refractivity contribution in [2.24, 2.45) is 0 Å². The van der Waals surface area contributed by atoms with E-state index in [1.807, 2.05) is 67.5 Å². The van der Waals surface area contributed by atoms with Crippen LogP contribution in [-0.4, -0.2) is 11.9 Å². The largest absolute Gasteiger partial charge is 0.423 e. The monoisotopic (exact) mass is 485 g/mol. The Labute approximate surface area is 210 Å². The van der Waals surface area contributed by atoms with Crippen LogP contribution in [0.3, 0.4) is 0 Å². The molecule has 0 heterocycles. The zero-order valence-corrected chi connectivity index (χ0v) is 22.3. The maximum Gasteiger partial charge on any atom is 0.343 e. The van der Waals surface area contributed by atoms with Gasteiger partial charge in [0.2, 0.25) is 0 Å². The molecule has 1 radical (unpaired) electrons. The molecule has 0 spiro atoms. The van der Waals surface area contributed by atoms with Crippen LogP contribution in [0.5, 0.6) is 11.5 Å². The molecule has 0 aliphatic heterocycles. The predicted molar refractivity (Wildman–Crippen MR) is 131 cm³/mol. The smallest absolute Gasteiger partial charge is 0.343 e. The molecule has 3 rings (SSSR count). The second-order valence-electron chi connectivity index (χ2n) is 6.85. The van der Waals surface area contributed by atoms with Crippen LogP contribution in [0.4, 0.5) is 0 Å². The van der Waals surface area contributed by atoms with Gasteiger partial charge in [-0.1, -0.05) is 39.8 Å². The SMILES string of the molecule is CC.CC.Cc1ccc(C(=O)Oc2ccc(OC(=O)c3ccc(C)c(C)c3)cc2)cc1C.[V]. The van der Waals surface area contributed by atoms with Crippen molar-refractivity contribution in [3.63, 3.8) is 0 Å². The van der Waals surface area contributed by atoms with Crippen molar-refractivity contribution in [3.05, 3.63) is 94.0 Å². The van der Waals surface area contributed by atoms with E-state index in [4.69, 9.17) is 9.47 Å². The Hall–Kier alpha value is -2.82. The Morgan fingerprint density at radius 3 is 1.09 bits per heavy atom. The van der Waals surface area contributed by atoms with Crippen molar-refractivity contribution >= 4 is 11.9 Å². The van der Waals surface area contributed by atoms with E-state index in [2.05, 4.69) is 0 Å². The van der Waals surface area contributed by atoms with E-state index in [9.17, 15) is 9.59 Å². The van der Waals surface area contributed by atoms with Gasteiger partial charge in [0.1, 0.15) is 11.5 Å². The summed E-state index contributed by atoms with van der Waals surface area (Å²) in [6, 6.07) is 17.3. The molecule has 0 N–H and O–H groups in total. The van der Waals surface area contributed by atoms with E-state index in [1.54, 1.807) is 48.5 Å². The van der Waals surface area contributed by atoms with Crippen LogP contribution in [0.1, 0.15) is 70.7 Å². The van der Waals surface area contributed by atoms with Crippen LogP contribution in [0.2, 0.25) is 0 Å². The first-order chi connectivity index (χ1) is 15.3. The van der Waals surface area contributed by atoms with Gasteiger partial charge < -0.3 is 9.47 Å². The second kappa shape index (κ2) is 15.1. The Balaban J connectivity index is 0.00000194. The Bertz CT molecular complexity index is 956. The normalized spacial score (nSPS) is 9.21.